The summed E-state index contributed by atoms with van der Waals surface area (Å²) in [6, 6.07) is 5.21. The Morgan fingerprint density at radius 3 is 2.86 bits per heavy atom. The van der Waals surface area contributed by atoms with Crippen molar-refractivity contribution >= 4 is 11.6 Å². The van der Waals surface area contributed by atoms with Crippen molar-refractivity contribution in [3.05, 3.63) is 23.8 Å². The van der Waals surface area contributed by atoms with Gasteiger partial charge in [0.05, 0.1) is 25.8 Å². The third-order valence-corrected chi connectivity index (χ3v) is 2.61. The Balaban J connectivity index is 2.68. The molecule has 0 aliphatic rings. The molecule has 5 nitrogen and oxygen atoms in total. The standard InChI is InChI=1S/C16H21NO4/c1-3-10-21-11-8-16(19)17-14-12-13(5-4-9-18)6-7-15(14)20-2/h6-7,12,18H,3,8-11H2,1-2H3,(H,17,19). The van der Waals surface area contributed by atoms with Crippen molar-refractivity contribution in [3.8, 4) is 17.6 Å². The predicted molar refractivity (Wildman–Crippen MR) is 81.3 cm³/mol. The van der Waals surface area contributed by atoms with Crippen LogP contribution in [0.3, 0.4) is 0 Å². The molecular weight excluding hydrogens is 270 g/mol. The molecule has 0 saturated carbocycles. The average Bonchev–Trinajstić information content (AvgIpc) is 2.50. The Morgan fingerprint density at radius 1 is 1.38 bits per heavy atom. The molecular formula is C16H21NO4. The minimum atomic E-state index is -0.206. The lowest BCUT2D eigenvalue weighted by Crippen LogP contribution is -2.15. The summed E-state index contributed by atoms with van der Waals surface area (Å²) in [4.78, 5) is 11.8. The Hall–Kier alpha value is -2.03. The second kappa shape index (κ2) is 9.81. The van der Waals surface area contributed by atoms with E-state index < -0.39 is 0 Å². The van der Waals surface area contributed by atoms with Crippen LogP contribution in [0, 0.1) is 11.8 Å². The summed E-state index contributed by atoms with van der Waals surface area (Å²) >= 11 is 0. The molecule has 0 unspecified atom stereocenters. The van der Waals surface area contributed by atoms with Gasteiger partial charge in [0.1, 0.15) is 12.4 Å². The Kier molecular flexibility index (Phi) is 7.95. The number of benzene rings is 1. The van der Waals surface area contributed by atoms with Gasteiger partial charge in [0, 0.05) is 12.2 Å². The molecule has 0 atom stereocenters. The maximum atomic E-state index is 11.8. The van der Waals surface area contributed by atoms with Gasteiger partial charge in [-0.15, -0.1) is 0 Å². The first-order valence-corrected chi connectivity index (χ1v) is 6.86. The number of carbonyl (C=O) groups is 1. The molecule has 1 amide bonds. The van der Waals surface area contributed by atoms with Crippen molar-refractivity contribution in [1.82, 2.24) is 0 Å². The second-order valence-electron chi connectivity index (χ2n) is 4.29. The number of nitrogens with one attached hydrogen (secondary N) is 1. The number of methoxy groups -OCH3 is 1. The van der Waals surface area contributed by atoms with E-state index in [4.69, 9.17) is 14.6 Å². The van der Waals surface area contributed by atoms with Gasteiger partial charge in [-0.3, -0.25) is 4.79 Å². The summed E-state index contributed by atoms with van der Waals surface area (Å²) in [7, 11) is 1.54. The van der Waals surface area contributed by atoms with Crippen LogP contribution in [0.4, 0.5) is 5.69 Å². The first kappa shape index (κ1) is 17.0. The minimum Gasteiger partial charge on any atom is -0.495 e. The summed E-state index contributed by atoms with van der Waals surface area (Å²) in [5, 5.41) is 11.5. The first-order chi connectivity index (χ1) is 10.2. The van der Waals surface area contributed by atoms with Gasteiger partial charge in [0.25, 0.3) is 0 Å². The highest BCUT2D eigenvalue weighted by atomic mass is 16.5. The first-order valence-electron chi connectivity index (χ1n) is 6.86. The fraction of sp³-hybridized carbons (Fsp3) is 0.438. The lowest BCUT2D eigenvalue weighted by atomic mass is 10.2. The van der Waals surface area contributed by atoms with E-state index in [1.807, 2.05) is 6.92 Å². The van der Waals surface area contributed by atoms with E-state index in [1.165, 1.54) is 7.11 Å². The number of hydrogen-bond donors (Lipinski definition) is 2. The van der Waals surface area contributed by atoms with E-state index in [9.17, 15) is 4.79 Å². The molecule has 0 aliphatic carbocycles. The molecule has 1 aromatic rings. The van der Waals surface area contributed by atoms with Gasteiger partial charge in [0.2, 0.25) is 5.91 Å². The number of hydrogen-bond acceptors (Lipinski definition) is 4. The molecule has 5 heteroatoms. The highest BCUT2D eigenvalue weighted by Crippen LogP contribution is 2.25. The van der Waals surface area contributed by atoms with Crippen LogP contribution in [-0.2, 0) is 9.53 Å². The third kappa shape index (κ3) is 6.30. The van der Waals surface area contributed by atoms with Crippen molar-refractivity contribution in [2.24, 2.45) is 0 Å². The van der Waals surface area contributed by atoms with E-state index in [0.29, 0.717) is 30.2 Å². The number of aliphatic hydroxyl groups is 1. The average molecular weight is 291 g/mol. The maximum Gasteiger partial charge on any atom is 0.226 e. The molecule has 0 radical (unpaired) electrons. The zero-order chi connectivity index (χ0) is 15.5. The van der Waals surface area contributed by atoms with Crippen molar-refractivity contribution in [2.75, 3.05) is 32.2 Å². The van der Waals surface area contributed by atoms with E-state index in [1.54, 1.807) is 18.2 Å². The maximum absolute atomic E-state index is 11.8. The van der Waals surface area contributed by atoms with Gasteiger partial charge in [-0.1, -0.05) is 18.8 Å². The summed E-state index contributed by atoms with van der Waals surface area (Å²) < 4.78 is 10.5. The number of carbonyl (C=O) groups excluding carboxylic acids is 1. The van der Waals surface area contributed by atoms with Gasteiger partial charge >= 0.3 is 0 Å². The van der Waals surface area contributed by atoms with E-state index >= 15 is 0 Å². The highest BCUT2D eigenvalue weighted by molar-refractivity contribution is 5.92. The number of amides is 1. The van der Waals surface area contributed by atoms with Crippen molar-refractivity contribution in [2.45, 2.75) is 19.8 Å². The van der Waals surface area contributed by atoms with Crippen LogP contribution < -0.4 is 10.1 Å². The molecule has 0 aliphatic heterocycles. The predicted octanol–water partition coefficient (Wildman–Crippen LogP) is 1.79. The molecule has 114 valence electrons. The number of ether oxygens (including phenoxy) is 2. The summed E-state index contributed by atoms with van der Waals surface area (Å²) in [6.07, 6.45) is 1.22. The molecule has 0 spiro atoms. The highest BCUT2D eigenvalue weighted by Gasteiger charge is 2.08. The zero-order valence-electron chi connectivity index (χ0n) is 12.4. The van der Waals surface area contributed by atoms with E-state index in [0.717, 1.165) is 6.42 Å². The summed E-state index contributed by atoms with van der Waals surface area (Å²) in [5.74, 6) is 5.77. The Labute approximate surface area is 125 Å². The largest absolute Gasteiger partial charge is 0.495 e. The SMILES string of the molecule is CCCOCCC(=O)Nc1cc(C#CCO)ccc1OC. The molecule has 0 aromatic heterocycles. The van der Waals surface area contributed by atoms with Gasteiger partial charge in [0.15, 0.2) is 0 Å². The molecule has 1 aromatic carbocycles. The third-order valence-electron chi connectivity index (χ3n) is 2.61. The monoisotopic (exact) mass is 291 g/mol. The van der Waals surface area contributed by atoms with Crippen LogP contribution in [0.15, 0.2) is 18.2 Å². The summed E-state index contributed by atoms with van der Waals surface area (Å²) in [5.41, 5.74) is 1.25. The lowest BCUT2D eigenvalue weighted by Gasteiger charge is -2.10. The molecule has 2 N–H and O–H groups in total. The smallest absolute Gasteiger partial charge is 0.226 e. The Morgan fingerprint density at radius 2 is 2.19 bits per heavy atom. The normalized spacial score (nSPS) is 9.67. The minimum absolute atomic E-state index is 0.142. The van der Waals surface area contributed by atoms with Crippen LogP contribution in [0.5, 0.6) is 5.75 Å². The molecule has 0 bridgehead atoms. The number of aliphatic hydroxyl groups excluding tert-OH is 1. The van der Waals surface area contributed by atoms with Crippen LogP contribution in [0.1, 0.15) is 25.3 Å². The fourth-order valence-corrected chi connectivity index (χ4v) is 1.65. The molecule has 0 fully saturated rings. The van der Waals surface area contributed by atoms with Crippen LogP contribution >= 0.6 is 0 Å². The number of rotatable bonds is 7. The van der Waals surface area contributed by atoms with Crippen LogP contribution in [0.2, 0.25) is 0 Å². The number of anilines is 1. The molecule has 0 heterocycles. The van der Waals surface area contributed by atoms with Gasteiger partial charge in [-0.25, -0.2) is 0 Å². The van der Waals surface area contributed by atoms with Crippen LogP contribution in [-0.4, -0.2) is 37.9 Å². The molecule has 0 saturated heterocycles. The lowest BCUT2D eigenvalue weighted by molar-refractivity contribution is -0.117. The zero-order valence-corrected chi connectivity index (χ0v) is 12.4. The van der Waals surface area contributed by atoms with Crippen LogP contribution in [0.25, 0.3) is 0 Å². The summed E-state index contributed by atoms with van der Waals surface area (Å²) in [6.45, 7) is 2.86. The molecule has 1 rings (SSSR count). The second-order valence-corrected chi connectivity index (χ2v) is 4.29. The fourth-order valence-electron chi connectivity index (χ4n) is 1.65. The van der Waals surface area contributed by atoms with Gasteiger partial charge in [-0.2, -0.15) is 0 Å². The van der Waals surface area contributed by atoms with Crippen molar-refractivity contribution in [3.63, 3.8) is 0 Å². The van der Waals surface area contributed by atoms with E-state index in [2.05, 4.69) is 17.2 Å². The van der Waals surface area contributed by atoms with Gasteiger partial charge in [-0.05, 0) is 24.6 Å². The van der Waals surface area contributed by atoms with Gasteiger partial charge < -0.3 is 19.9 Å². The molecule has 21 heavy (non-hydrogen) atoms. The topological polar surface area (TPSA) is 67.8 Å². The van der Waals surface area contributed by atoms with Crippen molar-refractivity contribution < 1.29 is 19.4 Å². The quantitative estimate of drug-likeness (QED) is 0.594. The van der Waals surface area contributed by atoms with E-state index in [-0.39, 0.29) is 18.9 Å². The Bertz CT molecular complexity index is 517. The van der Waals surface area contributed by atoms with Crippen molar-refractivity contribution in [1.29, 1.82) is 0 Å².